The van der Waals surface area contributed by atoms with E-state index >= 15 is 0 Å². The SMILES string of the molecule is NC(=O)c1ncc(N2CCCCC2)nc1Nc1ccc(C2CCN(Cc3ccc(C4CCC(=O)NC4=O)cc3)CC2)cc1. The van der Waals surface area contributed by atoms with Gasteiger partial charge in [0, 0.05) is 31.7 Å². The number of aromatic nitrogens is 2. The van der Waals surface area contributed by atoms with Crippen LogP contribution in [-0.2, 0) is 16.1 Å². The smallest absolute Gasteiger partial charge is 0.271 e. The molecular formula is C33H39N7O3. The Labute approximate surface area is 252 Å². The molecule has 10 heteroatoms. The largest absolute Gasteiger partial charge is 0.364 e. The van der Waals surface area contributed by atoms with Gasteiger partial charge in [-0.2, -0.15) is 0 Å². The lowest BCUT2D eigenvalue weighted by molar-refractivity contribution is -0.134. The Morgan fingerprint density at radius 1 is 0.907 bits per heavy atom. The van der Waals surface area contributed by atoms with Crippen LogP contribution in [0.15, 0.2) is 54.7 Å². The van der Waals surface area contributed by atoms with Gasteiger partial charge in [-0.3, -0.25) is 24.6 Å². The van der Waals surface area contributed by atoms with E-state index in [1.165, 1.54) is 17.5 Å². The fraction of sp³-hybridized carbons (Fsp3) is 0.424. The molecule has 3 aromatic rings. The molecule has 3 amide bonds. The topological polar surface area (TPSA) is 134 Å². The molecule has 0 spiro atoms. The summed E-state index contributed by atoms with van der Waals surface area (Å²) in [7, 11) is 0. The number of likely N-dealkylation sites (tertiary alicyclic amines) is 1. The number of hydrogen-bond donors (Lipinski definition) is 3. The number of carbonyl (C=O) groups excluding carboxylic acids is 3. The monoisotopic (exact) mass is 581 g/mol. The van der Waals surface area contributed by atoms with Gasteiger partial charge < -0.3 is 16.0 Å². The highest BCUT2D eigenvalue weighted by molar-refractivity contribution is 6.01. The summed E-state index contributed by atoms with van der Waals surface area (Å²) in [4.78, 5) is 49.4. The van der Waals surface area contributed by atoms with Gasteiger partial charge in [-0.15, -0.1) is 0 Å². The fourth-order valence-corrected chi connectivity index (χ4v) is 6.45. The van der Waals surface area contributed by atoms with Crippen molar-refractivity contribution in [2.45, 2.75) is 63.3 Å². The van der Waals surface area contributed by atoms with Crippen molar-refractivity contribution in [3.63, 3.8) is 0 Å². The first-order valence-electron chi connectivity index (χ1n) is 15.4. The van der Waals surface area contributed by atoms with Gasteiger partial charge in [-0.1, -0.05) is 36.4 Å². The van der Waals surface area contributed by atoms with Gasteiger partial charge in [0.25, 0.3) is 5.91 Å². The van der Waals surface area contributed by atoms with Crippen LogP contribution in [0.3, 0.4) is 0 Å². The normalized spacial score (nSPS) is 20.1. The van der Waals surface area contributed by atoms with E-state index in [-0.39, 0.29) is 23.4 Å². The predicted octanol–water partition coefficient (Wildman–Crippen LogP) is 4.21. The van der Waals surface area contributed by atoms with Gasteiger partial charge in [-0.25, -0.2) is 9.97 Å². The minimum Gasteiger partial charge on any atom is -0.364 e. The first kappa shape index (κ1) is 28.8. The Hall–Kier alpha value is -4.31. The Balaban J connectivity index is 1.03. The van der Waals surface area contributed by atoms with Crippen LogP contribution in [0.25, 0.3) is 0 Å². The third-order valence-corrected chi connectivity index (χ3v) is 8.93. The van der Waals surface area contributed by atoms with Crippen molar-refractivity contribution in [3.05, 3.63) is 77.1 Å². The minimum atomic E-state index is -0.603. The van der Waals surface area contributed by atoms with E-state index in [2.05, 4.69) is 49.7 Å². The van der Waals surface area contributed by atoms with Gasteiger partial charge in [0.2, 0.25) is 11.8 Å². The first-order valence-corrected chi connectivity index (χ1v) is 15.4. The highest BCUT2D eigenvalue weighted by Crippen LogP contribution is 2.31. The molecular weight excluding hydrogens is 542 g/mol. The molecule has 4 heterocycles. The number of carbonyl (C=O) groups is 3. The number of nitrogens with two attached hydrogens (primary N) is 1. The van der Waals surface area contributed by atoms with Crippen LogP contribution in [0.1, 0.15) is 84.0 Å². The second-order valence-corrected chi connectivity index (χ2v) is 11.9. The number of amides is 3. The third kappa shape index (κ3) is 6.85. The summed E-state index contributed by atoms with van der Waals surface area (Å²) < 4.78 is 0. The van der Waals surface area contributed by atoms with Crippen molar-refractivity contribution in [1.82, 2.24) is 20.2 Å². The molecule has 3 fully saturated rings. The number of rotatable bonds is 8. The lowest BCUT2D eigenvalue weighted by atomic mass is 9.88. The third-order valence-electron chi connectivity index (χ3n) is 8.93. The summed E-state index contributed by atoms with van der Waals surface area (Å²) in [6.45, 7) is 4.79. The quantitative estimate of drug-likeness (QED) is 0.337. The first-order chi connectivity index (χ1) is 20.9. The molecule has 0 aliphatic carbocycles. The standard InChI is InChI=1S/C33H39N7O3/c34-31(42)30-32(37-28(20-35-30)40-16-2-1-3-17-40)36-26-10-8-23(9-11-26)24-14-18-39(19-15-24)21-22-4-6-25(7-5-22)27-12-13-29(41)38-33(27)43/h4-11,20,24,27H,1-3,12-19,21H2,(H2,34,42)(H,36,37)(H,38,41,43). The number of primary amides is 1. The summed E-state index contributed by atoms with van der Waals surface area (Å²) in [6.07, 6.45) is 8.24. The highest BCUT2D eigenvalue weighted by Gasteiger charge is 2.28. The molecule has 1 aromatic heterocycles. The molecule has 1 atom stereocenters. The Morgan fingerprint density at radius 3 is 2.28 bits per heavy atom. The maximum Gasteiger partial charge on any atom is 0.271 e. The van der Waals surface area contributed by atoms with Gasteiger partial charge in [-0.05, 0) is 86.4 Å². The summed E-state index contributed by atoms with van der Waals surface area (Å²) in [6, 6.07) is 16.6. The number of nitrogens with one attached hydrogen (secondary N) is 2. The van der Waals surface area contributed by atoms with Crippen molar-refractivity contribution < 1.29 is 14.4 Å². The van der Waals surface area contributed by atoms with Crippen molar-refractivity contribution in [2.75, 3.05) is 36.4 Å². The van der Waals surface area contributed by atoms with Crippen LogP contribution in [0.4, 0.5) is 17.3 Å². The van der Waals surface area contributed by atoms with Gasteiger partial charge in [0.1, 0.15) is 5.82 Å². The molecule has 3 aliphatic heterocycles. The van der Waals surface area contributed by atoms with Crippen molar-refractivity contribution in [2.24, 2.45) is 5.73 Å². The van der Waals surface area contributed by atoms with Crippen LogP contribution in [-0.4, -0.2) is 58.8 Å². The molecule has 43 heavy (non-hydrogen) atoms. The van der Waals surface area contributed by atoms with Gasteiger partial charge in [0.05, 0.1) is 12.1 Å². The minimum absolute atomic E-state index is 0.142. The molecule has 3 aliphatic rings. The van der Waals surface area contributed by atoms with Crippen LogP contribution in [0.5, 0.6) is 0 Å². The van der Waals surface area contributed by atoms with Crippen LogP contribution in [0, 0.1) is 0 Å². The molecule has 4 N–H and O–H groups in total. The lowest BCUT2D eigenvalue weighted by Gasteiger charge is -2.32. The zero-order valence-electron chi connectivity index (χ0n) is 24.4. The second-order valence-electron chi connectivity index (χ2n) is 11.9. The van der Waals surface area contributed by atoms with E-state index in [9.17, 15) is 14.4 Å². The van der Waals surface area contributed by atoms with E-state index in [0.717, 1.165) is 75.5 Å². The molecule has 0 radical (unpaired) electrons. The van der Waals surface area contributed by atoms with Crippen molar-refractivity contribution >= 4 is 35.0 Å². The van der Waals surface area contributed by atoms with Crippen LogP contribution >= 0.6 is 0 Å². The molecule has 0 bridgehead atoms. The second kappa shape index (κ2) is 12.9. The van der Waals surface area contributed by atoms with Gasteiger partial charge >= 0.3 is 0 Å². The summed E-state index contributed by atoms with van der Waals surface area (Å²) in [5.74, 6) is 0.421. The Bertz CT molecular complexity index is 1460. The zero-order chi connectivity index (χ0) is 29.8. The lowest BCUT2D eigenvalue weighted by Crippen LogP contribution is -2.39. The average molecular weight is 582 g/mol. The van der Waals surface area contributed by atoms with Crippen molar-refractivity contribution in [1.29, 1.82) is 0 Å². The van der Waals surface area contributed by atoms with E-state index in [0.29, 0.717) is 24.6 Å². The zero-order valence-corrected chi connectivity index (χ0v) is 24.4. The number of nitrogens with zero attached hydrogens (tertiary/aromatic N) is 4. The number of hydrogen-bond acceptors (Lipinski definition) is 8. The molecule has 2 aromatic carbocycles. The van der Waals surface area contributed by atoms with E-state index in [1.807, 2.05) is 24.3 Å². The Morgan fingerprint density at radius 2 is 1.60 bits per heavy atom. The molecule has 6 rings (SSSR count). The molecule has 10 nitrogen and oxygen atoms in total. The number of piperidine rings is 3. The van der Waals surface area contributed by atoms with E-state index in [1.54, 1.807) is 6.20 Å². The molecule has 3 saturated heterocycles. The highest BCUT2D eigenvalue weighted by atomic mass is 16.2. The summed E-state index contributed by atoms with van der Waals surface area (Å²) >= 11 is 0. The maximum absolute atomic E-state index is 12.2. The van der Waals surface area contributed by atoms with E-state index in [4.69, 9.17) is 10.7 Å². The number of imide groups is 1. The summed E-state index contributed by atoms with van der Waals surface area (Å²) in [5, 5.41) is 5.73. The van der Waals surface area contributed by atoms with E-state index < -0.39 is 5.91 Å². The predicted molar refractivity (Wildman–Crippen MR) is 165 cm³/mol. The number of anilines is 3. The maximum atomic E-state index is 12.2. The molecule has 0 saturated carbocycles. The van der Waals surface area contributed by atoms with Crippen LogP contribution in [0.2, 0.25) is 0 Å². The summed E-state index contributed by atoms with van der Waals surface area (Å²) in [5.41, 5.74) is 10.1. The van der Waals surface area contributed by atoms with Crippen LogP contribution < -0.4 is 21.3 Å². The number of benzene rings is 2. The fourth-order valence-electron chi connectivity index (χ4n) is 6.45. The molecule has 224 valence electrons. The van der Waals surface area contributed by atoms with Crippen molar-refractivity contribution in [3.8, 4) is 0 Å². The average Bonchev–Trinajstić information content (AvgIpc) is 3.03. The molecule has 1 unspecified atom stereocenters. The van der Waals surface area contributed by atoms with Gasteiger partial charge in [0.15, 0.2) is 11.5 Å². The Kier molecular flexibility index (Phi) is 8.64.